The Morgan fingerprint density at radius 2 is 2.18 bits per heavy atom. The fourth-order valence-corrected chi connectivity index (χ4v) is 1.83. The smallest absolute Gasteiger partial charge is 0.141 e. The third-order valence-electron chi connectivity index (χ3n) is 2.59. The second-order valence-electron chi connectivity index (χ2n) is 4.27. The van der Waals surface area contributed by atoms with Crippen molar-refractivity contribution in [2.75, 3.05) is 0 Å². The van der Waals surface area contributed by atoms with E-state index >= 15 is 0 Å². The molecule has 1 aromatic carbocycles. The standard InChI is InChI=1S/C14H14BrNO/c1-14(15)8-6-11(7-9-14)10-16-12-4-2-3-5-13(12)17/h2-8,10,17H,9H2,1H3/b16-10+. The zero-order chi connectivity index (χ0) is 12.3. The summed E-state index contributed by atoms with van der Waals surface area (Å²) in [7, 11) is 0. The first-order chi connectivity index (χ1) is 8.07. The number of benzene rings is 1. The highest BCUT2D eigenvalue weighted by Crippen LogP contribution is 2.29. The van der Waals surface area contributed by atoms with Crippen LogP contribution in [0.5, 0.6) is 5.75 Å². The van der Waals surface area contributed by atoms with Crippen LogP contribution in [-0.2, 0) is 0 Å². The van der Waals surface area contributed by atoms with E-state index in [1.807, 2.05) is 12.1 Å². The van der Waals surface area contributed by atoms with Gasteiger partial charge in [-0.15, -0.1) is 0 Å². The van der Waals surface area contributed by atoms with Gasteiger partial charge in [0, 0.05) is 10.5 Å². The lowest BCUT2D eigenvalue weighted by atomic mass is 9.99. The lowest BCUT2D eigenvalue weighted by Gasteiger charge is -2.19. The van der Waals surface area contributed by atoms with Gasteiger partial charge in [0.05, 0.1) is 0 Å². The van der Waals surface area contributed by atoms with Gasteiger partial charge in [-0.25, -0.2) is 0 Å². The van der Waals surface area contributed by atoms with Crippen molar-refractivity contribution < 1.29 is 5.11 Å². The predicted molar refractivity (Wildman–Crippen MR) is 75.4 cm³/mol. The molecule has 3 heteroatoms. The molecule has 1 N–H and O–H groups in total. The van der Waals surface area contributed by atoms with Gasteiger partial charge in [-0.2, -0.15) is 0 Å². The molecule has 0 spiro atoms. The third-order valence-corrected chi connectivity index (χ3v) is 3.18. The van der Waals surface area contributed by atoms with Crippen molar-refractivity contribution in [1.29, 1.82) is 0 Å². The molecule has 0 radical (unpaired) electrons. The minimum atomic E-state index is 0.0548. The first-order valence-corrected chi connectivity index (χ1v) is 6.26. The minimum Gasteiger partial charge on any atom is -0.506 e. The van der Waals surface area contributed by atoms with Gasteiger partial charge in [0.25, 0.3) is 0 Å². The molecule has 1 aromatic rings. The number of para-hydroxylation sites is 2. The van der Waals surface area contributed by atoms with Crippen LogP contribution in [0.15, 0.2) is 53.1 Å². The number of aliphatic imine (C=N–C) groups is 1. The second-order valence-corrected chi connectivity index (χ2v) is 6.08. The van der Waals surface area contributed by atoms with Gasteiger partial charge in [0.2, 0.25) is 0 Å². The molecule has 0 fully saturated rings. The van der Waals surface area contributed by atoms with Crippen LogP contribution >= 0.6 is 15.9 Å². The van der Waals surface area contributed by atoms with E-state index < -0.39 is 0 Å². The maximum absolute atomic E-state index is 9.56. The first kappa shape index (κ1) is 12.1. The summed E-state index contributed by atoms with van der Waals surface area (Å²) in [6.07, 6.45) is 8.97. The molecule has 17 heavy (non-hydrogen) atoms. The van der Waals surface area contributed by atoms with E-state index in [-0.39, 0.29) is 10.1 Å². The molecule has 0 aliphatic heterocycles. The van der Waals surface area contributed by atoms with E-state index in [1.54, 1.807) is 24.4 Å². The summed E-state index contributed by atoms with van der Waals surface area (Å²) < 4.78 is 0.0548. The monoisotopic (exact) mass is 291 g/mol. The number of phenols is 1. The Labute approximate surface area is 110 Å². The molecule has 1 aliphatic carbocycles. The summed E-state index contributed by atoms with van der Waals surface area (Å²) in [4.78, 5) is 4.27. The molecule has 1 atom stereocenters. The molecular formula is C14H14BrNO. The molecule has 0 amide bonds. The summed E-state index contributed by atoms with van der Waals surface area (Å²) in [6.45, 7) is 2.12. The molecule has 0 saturated heterocycles. The minimum absolute atomic E-state index is 0.0548. The van der Waals surface area contributed by atoms with Gasteiger partial charge in [-0.05, 0) is 31.1 Å². The maximum Gasteiger partial charge on any atom is 0.141 e. The molecular weight excluding hydrogens is 278 g/mol. The number of rotatable bonds is 2. The Morgan fingerprint density at radius 1 is 1.41 bits per heavy atom. The second kappa shape index (κ2) is 4.88. The quantitative estimate of drug-likeness (QED) is 0.645. The summed E-state index contributed by atoms with van der Waals surface area (Å²) in [6, 6.07) is 7.05. The van der Waals surface area contributed by atoms with E-state index in [0.717, 1.165) is 12.0 Å². The highest BCUT2D eigenvalue weighted by Gasteiger charge is 2.17. The third kappa shape index (κ3) is 3.30. The van der Waals surface area contributed by atoms with Crippen molar-refractivity contribution in [2.45, 2.75) is 17.7 Å². The predicted octanol–water partition coefficient (Wildman–Crippen LogP) is 4.13. The summed E-state index contributed by atoms with van der Waals surface area (Å²) in [5, 5.41) is 9.56. The van der Waals surface area contributed by atoms with Gasteiger partial charge in [0.15, 0.2) is 0 Å². The molecule has 88 valence electrons. The Morgan fingerprint density at radius 3 is 2.82 bits per heavy atom. The molecule has 0 bridgehead atoms. The van der Waals surface area contributed by atoms with Crippen LogP contribution in [0.4, 0.5) is 5.69 Å². The van der Waals surface area contributed by atoms with Crippen LogP contribution in [0.2, 0.25) is 0 Å². The highest BCUT2D eigenvalue weighted by atomic mass is 79.9. The molecule has 2 nitrogen and oxygen atoms in total. The molecule has 0 heterocycles. The van der Waals surface area contributed by atoms with Crippen LogP contribution in [0, 0.1) is 0 Å². The average molecular weight is 292 g/mol. The largest absolute Gasteiger partial charge is 0.506 e. The average Bonchev–Trinajstić information content (AvgIpc) is 2.30. The van der Waals surface area contributed by atoms with Crippen molar-refractivity contribution in [2.24, 2.45) is 4.99 Å². The van der Waals surface area contributed by atoms with Crippen molar-refractivity contribution >= 4 is 27.8 Å². The van der Waals surface area contributed by atoms with Gasteiger partial charge in [0.1, 0.15) is 11.4 Å². The Balaban J connectivity index is 2.11. The van der Waals surface area contributed by atoms with E-state index in [2.05, 4.69) is 40.0 Å². The molecule has 1 unspecified atom stereocenters. The number of allylic oxidation sites excluding steroid dienone is 4. The summed E-state index contributed by atoms with van der Waals surface area (Å²) >= 11 is 3.61. The van der Waals surface area contributed by atoms with Crippen molar-refractivity contribution in [3.05, 3.63) is 48.1 Å². The number of hydrogen-bond donors (Lipinski definition) is 1. The van der Waals surface area contributed by atoms with Crippen LogP contribution in [0.1, 0.15) is 13.3 Å². The number of hydrogen-bond acceptors (Lipinski definition) is 2. The van der Waals surface area contributed by atoms with E-state index in [4.69, 9.17) is 0 Å². The van der Waals surface area contributed by atoms with Crippen molar-refractivity contribution in [3.8, 4) is 5.75 Å². The lowest BCUT2D eigenvalue weighted by Crippen LogP contribution is -2.13. The molecule has 0 aromatic heterocycles. The number of alkyl halides is 1. The first-order valence-electron chi connectivity index (χ1n) is 5.47. The van der Waals surface area contributed by atoms with Gasteiger partial charge < -0.3 is 5.11 Å². The van der Waals surface area contributed by atoms with E-state index in [9.17, 15) is 5.11 Å². The number of phenolic OH excluding ortho intramolecular Hbond substituents is 1. The molecule has 0 saturated carbocycles. The van der Waals surface area contributed by atoms with Crippen molar-refractivity contribution in [3.63, 3.8) is 0 Å². The highest BCUT2D eigenvalue weighted by molar-refractivity contribution is 9.10. The SMILES string of the molecule is CC1(Br)C=CC(/C=N/c2ccccc2O)=CC1. The van der Waals surface area contributed by atoms with Crippen LogP contribution in [0.25, 0.3) is 0 Å². The number of aromatic hydroxyl groups is 1. The van der Waals surface area contributed by atoms with Crippen LogP contribution < -0.4 is 0 Å². The van der Waals surface area contributed by atoms with Crippen LogP contribution in [-0.4, -0.2) is 15.6 Å². The summed E-state index contributed by atoms with van der Waals surface area (Å²) in [5.74, 6) is 0.203. The number of nitrogens with zero attached hydrogens (tertiary/aromatic N) is 1. The Hall–Kier alpha value is -1.35. The van der Waals surface area contributed by atoms with E-state index in [1.165, 1.54) is 0 Å². The van der Waals surface area contributed by atoms with Gasteiger partial charge >= 0.3 is 0 Å². The van der Waals surface area contributed by atoms with Gasteiger partial charge in [-0.1, -0.05) is 46.3 Å². The lowest BCUT2D eigenvalue weighted by molar-refractivity contribution is 0.477. The van der Waals surface area contributed by atoms with Gasteiger partial charge in [-0.3, -0.25) is 4.99 Å². The summed E-state index contributed by atoms with van der Waals surface area (Å²) in [5.41, 5.74) is 1.65. The normalized spacial score (nSPS) is 24.0. The number of halogens is 1. The fourth-order valence-electron chi connectivity index (χ4n) is 1.54. The van der Waals surface area contributed by atoms with Crippen LogP contribution in [0.3, 0.4) is 0 Å². The van der Waals surface area contributed by atoms with E-state index in [0.29, 0.717) is 5.69 Å². The Bertz CT molecular complexity index is 501. The maximum atomic E-state index is 9.56. The zero-order valence-corrected chi connectivity index (χ0v) is 11.2. The zero-order valence-electron chi connectivity index (χ0n) is 9.60. The fraction of sp³-hybridized carbons (Fsp3) is 0.214. The Kier molecular flexibility index (Phi) is 3.48. The molecule has 1 aliphatic rings. The molecule has 2 rings (SSSR count). The topological polar surface area (TPSA) is 32.6 Å². The van der Waals surface area contributed by atoms with Crippen molar-refractivity contribution in [1.82, 2.24) is 0 Å².